The lowest BCUT2D eigenvalue weighted by Gasteiger charge is -2.23. The van der Waals surface area contributed by atoms with Crippen LogP contribution in [0.15, 0.2) is 18.2 Å². The SMILES string of the molecule is Cc1ccc([C@H](N)[C@H](O)C(C)C)cc1C. The van der Waals surface area contributed by atoms with E-state index in [4.69, 9.17) is 5.73 Å². The molecule has 0 unspecified atom stereocenters. The molecule has 0 radical (unpaired) electrons. The molecule has 0 saturated heterocycles. The summed E-state index contributed by atoms with van der Waals surface area (Å²) in [6.45, 7) is 8.09. The van der Waals surface area contributed by atoms with Crippen LogP contribution in [0.3, 0.4) is 0 Å². The molecule has 1 aromatic rings. The first-order valence-electron chi connectivity index (χ1n) is 5.44. The number of nitrogens with two attached hydrogens (primary N) is 1. The highest BCUT2D eigenvalue weighted by molar-refractivity contribution is 5.32. The summed E-state index contributed by atoms with van der Waals surface area (Å²) < 4.78 is 0. The van der Waals surface area contributed by atoms with Crippen molar-refractivity contribution < 1.29 is 5.11 Å². The number of benzene rings is 1. The summed E-state index contributed by atoms with van der Waals surface area (Å²) >= 11 is 0. The van der Waals surface area contributed by atoms with Crippen LogP contribution in [0.4, 0.5) is 0 Å². The Labute approximate surface area is 92.1 Å². The Kier molecular flexibility index (Phi) is 3.89. The predicted molar refractivity (Wildman–Crippen MR) is 63.7 cm³/mol. The highest BCUT2D eigenvalue weighted by Crippen LogP contribution is 2.21. The Morgan fingerprint density at radius 3 is 2.20 bits per heavy atom. The second-order valence-electron chi connectivity index (χ2n) is 4.60. The maximum Gasteiger partial charge on any atom is 0.0755 e. The van der Waals surface area contributed by atoms with Crippen molar-refractivity contribution >= 4 is 0 Å². The van der Waals surface area contributed by atoms with Gasteiger partial charge in [0, 0.05) is 0 Å². The van der Waals surface area contributed by atoms with Gasteiger partial charge in [0.05, 0.1) is 12.1 Å². The van der Waals surface area contributed by atoms with Gasteiger partial charge in [0.2, 0.25) is 0 Å². The molecule has 0 spiro atoms. The summed E-state index contributed by atoms with van der Waals surface area (Å²) in [5, 5.41) is 9.88. The Morgan fingerprint density at radius 1 is 1.13 bits per heavy atom. The molecule has 0 amide bonds. The van der Waals surface area contributed by atoms with Crippen LogP contribution in [-0.2, 0) is 0 Å². The number of hydrogen-bond acceptors (Lipinski definition) is 2. The van der Waals surface area contributed by atoms with Gasteiger partial charge in [0.15, 0.2) is 0 Å². The molecule has 3 N–H and O–H groups in total. The van der Waals surface area contributed by atoms with E-state index in [1.54, 1.807) is 0 Å². The summed E-state index contributed by atoms with van der Waals surface area (Å²) in [6.07, 6.45) is -0.480. The van der Waals surface area contributed by atoms with Gasteiger partial charge in [-0.25, -0.2) is 0 Å². The molecule has 1 aromatic carbocycles. The van der Waals surface area contributed by atoms with Crippen LogP contribution in [0, 0.1) is 19.8 Å². The molecule has 2 heteroatoms. The minimum atomic E-state index is -0.480. The lowest BCUT2D eigenvalue weighted by molar-refractivity contribution is 0.0979. The minimum absolute atomic E-state index is 0.182. The monoisotopic (exact) mass is 207 g/mol. The fourth-order valence-electron chi connectivity index (χ4n) is 1.58. The minimum Gasteiger partial charge on any atom is -0.391 e. The van der Waals surface area contributed by atoms with Gasteiger partial charge in [-0.05, 0) is 36.5 Å². The molecule has 15 heavy (non-hydrogen) atoms. The largest absolute Gasteiger partial charge is 0.391 e. The molecule has 0 aliphatic carbocycles. The third-order valence-electron chi connectivity index (χ3n) is 2.97. The highest BCUT2D eigenvalue weighted by atomic mass is 16.3. The van der Waals surface area contributed by atoms with Crippen LogP contribution in [-0.4, -0.2) is 11.2 Å². The molecule has 2 nitrogen and oxygen atoms in total. The second kappa shape index (κ2) is 4.77. The fourth-order valence-corrected chi connectivity index (χ4v) is 1.58. The van der Waals surface area contributed by atoms with E-state index in [0.717, 1.165) is 5.56 Å². The maximum atomic E-state index is 9.88. The second-order valence-corrected chi connectivity index (χ2v) is 4.60. The van der Waals surface area contributed by atoms with E-state index in [-0.39, 0.29) is 12.0 Å². The summed E-state index contributed by atoms with van der Waals surface area (Å²) in [4.78, 5) is 0. The normalized spacial score (nSPS) is 15.4. The molecule has 0 heterocycles. The highest BCUT2D eigenvalue weighted by Gasteiger charge is 2.19. The Morgan fingerprint density at radius 2 is 1.73 bits per heavy atom. The molecule has 0 saturated carbocycles. The molecule has 0 fully saturated rings. The number of hydrogen-bond donors (Lipinski definition) is 2. The Bertz CT molecular complexity index is 333. The van der Waals surface area contributed by atoms with E-state index < -0.39 is 6.10 Å². The number of rotatable bonds is 3. The molecule has 0 bridgehead atoms. The van der Waals surface area contributed by atoms with E-state index in [1.165, 1.54) is 11.1 Å². The third-order valence-corrected chi connectivity index (χ3v) is 2.97. The van der Waals surface area contributed by atoms with Crippen LogP contribution in [0.25, 0.3) is 0 Å². The Hall–Kier alpha value is -0.860. The van der Waals surface area contributed by atoms with Gasteiger partial charge in [-0.3, -0.25) is 0 Å². The predicted octanol–water partition coefficient (Wildman–Crippen LogP) is 2.32. The topological polar surface area (TPSA) is 46.2 Å². The van der Waals surface area contributed by atoms with E-state index in [0.29, 0.717) is 0 Å². The van der Waals surface area contributed by atoms with Crippen molar-refractivity contribution in [2.45, 2.75) is 39.8 Å². The van der Waals surface area contributed by atoms with Crippen molar-refractivity contribution in [2.75, 3.05) is 0 Å². The molecule has 2 atom stereocenters. The van der Waals surface area contributed by atoms with E-state index in [9.17, 15) is 5.11 Å². The smallest absolute Gasteiger partial charge is 0.0755 e. The summed E-state index contributed by atoms with van der Waals surface area (Å²) in [7, 11) is 0. The summed E-state index contributed by atoms with van der Waals surface area (Å²) in [5.74, 6) is 0.182. The van der Waals surface area contributed by atoms with Crippen LogP contribution in [0.5, 0.6) is 0 Å². The van der Waals surface area contributed by atoms with Gasteiger partial charge in [0.1, 0.15) is 0 Å². The standard InChI is InChI=1S/C13H21NO/c1-8(2)13(15)12(14)11-6-5-9(3)10(4)7-11/h5-8,12-13,15H,14H2,1-4H3/t12-,13+/m0/s1. The zero-order valence-electron chi connectivity index (χ0n) is 9.99. The van der Waals surface area contributed by atoms with Gasteiger partial charge < -0.3 is 10.8 Å². The molecular weight excluding hydrogens is 186 g/mol. The van der Waals surface area contributed by atoms with Gasteiger partial charge in [-0.2, -0.15) is 0 Å². The molecule has 0 aliphatic heterocycles. The fraction of sp³-hybridized carbons (Fsp3) is 0.538. The van der Waals surface area contributed by atoms with Crippen molar-refractivity contribution in [3.05, 3.63) is 34.9 Å². The average molecular weight is 207 g/mol. The lowest BCUT2D eigenvalue weighted by atomic mass is 9.93. The van der Waals surface area contributed by atoms with Gasteiger partial charge in [-0.1, -0.05) is 32.0 Å². The summed E-state index contributed by atoms with van der Waals surface area (Å²) in [6, 6.07) is 5.83. The van der Waals surface area contributed by atoms with Crippen molar-refractivity contribution in [1.29, 1.82) is 0 Å². The average Bonchev–Trinajstić information content (AvgIpc) is 2.19. The number of aliphatic hydroxyl groups excluding tert-OH is 1. The van der Waals surface area contributed by atoms with E-state index in [1.807, 2.05) is 19.9 Å². The van der Waals surface area contributed by atoms with Crippen LogP contribution in [0.1, 0.15) is 36.6 Å². The van der Waals surface area contributed by atoms with E-state index in [2.05, 4.69) is 26.0 Å². The van der Waals surface area contributed by atoms with Crippen molar-refractivity contribution in [3.8, 4) is 0 Å². The van der Waals surface area contributed by atoms with Crippen molar-refractivity contribution in [2.24, 2.45) is 11.7 Å². The molecule has 0 aromatic heterocycles. The zero-order valence-corrected chi connectivity index (χ0v) is 9.99. The van der Waals surface area contributed by atoms with Gasteiger partial charge in [-0.15, -0.1) is 0 Å². The lowest BCUT2D eigenvalue weighted by Crippen LogP contribution is -2.30. The zero-order chi connectivity index (χ0) is 11.6. The first-order chi connectivity index (χ1) is 6.93. The van der Waals surface area contributed by atoms with E-state index >= 15 is 0 Å². The molecule has 0 aliphatic rings. The van der Waals surface area contributed by atoms with Crippen molar-refractivity contribution in [3.63, 3.8) is 0 Å². The number of aliphatic hydroxyl groups is 1. The van der Waals surface area contributed by atoms with Crippen molar-refractivity contribution in [1.82, 2.24) is 0 Å². The van der Waals surface area contributed by atoms with Crippen LogP contribution in [0.2, 0.25) is 0 Å². The molecule has 84 valence electrons. The van der Waals surface area contributed by atoms with Gasteiger partial charge in [0.25, 0.3) is 0 Å². The quantitative estimate of drug-likeness (QED) is 0.799. The van der Waals surface area contributed by atoms with Crippen LogP contribution >= 0.6 is 0 Å². The van der Waals surface area contributed by atoms with Crippen LogP contribution < -0.4 is 5.73 Å². The molecule has 1 rings (SSSR count). The summed E-state index contributed by atoms with van der Waals surface area (Å²) in [5.41, 5.74) is 9.50. The first kappa shape index (κ1) is 12.2. The number of aryl methyl sites for hydroxylation is 2. The Balaban J connectivity index is 2.91. The third kappa shape index (κ3) is 2.80. The van der Waals surface area contributed by atoms with Gasteiger partial charge >= 0.3 is 0 Å². The maximum absolute atomic E-state index is 9.88. The first-order valence-corrected chi connectivity index (χ1v) is 5.44. The molecular formula is C13H21NO.